The van der Waals surface area contributed by atoms with Gasteiger partial charge in [0.05, 0.1) is 0 Å². The number of hydrogen-bond donors (Lipinski definition) is 2. The molecule has 0 spiro atoms. The first kappa shape index (κ1) is 15.5. The first-order valence-electron chi connectivity index (χ1n) is 7.37. The molecule has 3 heteroatoms. The fourth-order valence-corrected chi connectivity index (χ4v) is 2.15. The summed E-state index contributed by atoms with van der Waals surface area (Å²) in [6.07, 6.45) is 0.441. The predicted molar refractivity (Wildman–Crippen MR) is 85.6 cm³/mol. The molecule has 2 aromatic rings. The minimum atomic E-state index is -0.511. The van der Waals surface area contributed by atoms with Crippen molar-refractivity contribution >= 4 is 0 Å². The zero-order valence-corrected chi connectivity index (χ0v) is 12.4. The Hall–Kier alpha value is -1.84. The Morgan fingerprint density at radius 1 is 1.00 bits per heavy atom. The Kier molecular flexibility index (Phi) is 6.25. The molecular formula is C18H23NO2. The lowest BCUT2D eigenvalue weighted by Gasteiger charge is -2.17. The molecule has 0 amide bonds. The van der Waals surface area contributed by atoms with Gasteiger partial charge in [-0.15, -0.1) is 0 Å². The van der Waals surface area contributed by atoms with E-state index in [2.05, 4.69) is 24.4 Å². The van der Waals surface area contributed by atoms with Gasteiger partial charge in [-0.2, -0.15) is 0 Å². The van der Waals surface area contributed by atoms with E-state index < -0.39 is 6.10 Å². The molecule has 2 N–H and O–H groups in total. The van der Waals surface area contributed by atoms with E-state index in [0.29, 0.717) is 19.2 Å². The van der Waals surface area contributed by atoms with Crippen LogP contribution in [0.15, 0.2) is 60.7 Å². The summed E-state index contributed by atoms with van der Waals surface area (Å²) in [5.41, 5.74) is 1.30. The van der Waals surface area contributed by atoms with Gasteiger partial charge in [-0.05, 0) is 31.0 Å². The van der Waals surface area contributed by atoms with Crippen LogP contribution in [0.1, 0.15) is 12.5 Å². The number of nitrogens with one attached hydrogen (secondary N) is 1. The van der Waals surface area contributed by atoms with Crippen LogP contribution in [0.4, 0.5) is 0 Å². The third-order valence-corrected chi connectivity index (χ3v) is 3.27. The van der Waals surface area contributed by atoms with Crippen molar-refractivity contribution in [2.45, 2.75) is 25.5 Å². The van der Waals surface area contributed by atoms with E-state index >= 15 is 0 Å². The van der Waals surface area contributed by atoms with E-state index in [9.17, 15) is 5.11 Å². The second-order valence-electron chi connectivity index (χ2n) is 5.28. The lowest BCUT2D eigenvalue weighted by atomic mass is 10.1. The highest BCUT2D eigenvalue weighted by Gasteiger charge is 2.08. The van der Waals surface area contributed by atoms with E-state index in [1.807, 2.05) is 48.5 Å². The fourth-order valence-electron chi connectivity index (χ4n) is 2.15. The molecule has 0 aromatic heterocycles. The molecule has 0 aliphatic carbocycles. The molecule has 2 aromatic carbocycles. The van der Waals surface area contributed by atoms with Gasteiger partial charge in [-0.25, -0.2) is 0 Å². The van der Waals surface area contributed by atoms with Crippen LogP contribution in [0.2, 0.25) is 0 Å². The van der Waals surface area contributed by atoms with Gasteiger partial charge in [0.1, 0.15) is 18.5 Å². The maximum absolute atomic E-state index is 9.94. The van der Waals surface area contributed by atoms with Crippen molar-refractivity contribution < 1.29 is 9.84 Å². The molecule has 0 saturated heterocycles. The van der Waals surface area contributed by atoms with Gasteiger partial charge in [-0.3, -0.25) is 0 Å². The van der Waals surface area contributed by atoms with Crippen LogP contribution in [0.5, 0.6) is 5.75 Å². The van der Waals surface area contributed by atoms with E-state index in [-0.39, 0.29) is 0 Å². The fraction of sp³-hybridized carbons (Fsp3) is 0.333. The van der Waals surface area contributed by atoms with Gasteiger partial charge >= 0.3 is 0 Å². The molecular weight excluding hydrogens is 262 g/mol. The summed E-state index contributed by atoms with van der Waals surface area (Å²) in [5.74, 6) is 0.786. The second-order valence-corrected chi connectivity index (χ2v) is 5.28. The minimum absolute atomic E-state index is 0.301. The average molecular weight is 285 g/mol. The molecule has 0 saturated carbocycles. The van der Waals surface area contributed by atoms with Gasteiger partial charge in [0.2, 0.25) is 0 Å². The molecule has 2 unspecified atom stereocenters. The SMILES string of the molecule is CC(Cc1ccccc1)NCC(O)COc1ccccc1. The van der Waals surface area contributed by atoms with Crippen molar-refractivity contribution in [2.24, 2.45) is 0 Å². The molecule has 0 heterocycles. The largest absolute Gasteiger partial charge is 0.491 e. The van der Waals surface area contributed by atoms with Crippen molar-refractivity contribution in [2.75, 3.05) is 13.2 Å². The Labute approximate surface area is 126 Å². The molecule has 3 nitrogen and oxygen atoms in total. The van der Waals surface area contributed by atoms with Gasteiger partial charge in [0.15, 0.2) is 0 Å². The Morgan fingerprint density at radius 2 is 1.62 bits per heavy atom. The van der Waals surface area contributed by atoms with Crippen molar-refractivity contribution in [3.63, 3.8) is 0 Å². The smallest absolute Gasteiger partial charge is 0.119 e. The number of para-hydroxylation sites is 1. The van der Waals surface area contributed by atoms with Crippen molar-refractivity contribution in [3.8, 4) is 5.75 Å². The first-order chi connectivity index (χ1) is 10.2. The van der Waals surface area contributed by atoms with Gasteiger partial charge in [-0.1, -0.05) is 48.5 Å². The summed E-state index contributed by atoms with van der Waals surface area (Å²) in [5, 5.41) is 13.3. The van der Waals surface area contributed by atoms with Crippen LogP contribution < -0.4 is 10.1 Å². The molecule has 0 aliphatic heterocycles. The van der Waals surface area contributed by atoms with Crippen LogP contribution in [0, 0.1) is 0 Å². The molecule has 112 valence electrons. The molecule has 0 bridgehead atoms. The summed E-state index contributed by atoms with van der Waals surface area (Å²) in [4.78, 5) is 0. The molecule has 21 heavy (non-hydrogen) atoms. The van der Waals surface area contributed by atoms with Gasteiger partial charge < -0.3 is 15.2 Å². The van der Waals surface area contributed by atoms with E-state index in [1.165, 1.54) is 5.56 Å². The van der Waals surface area contributed by atoms with Crippen LogP contribution in [-0.4, -0.2) is 30.4 Å². The van der Waals surface area contributed by atoms with Crippen LogP contribution >= 0.6 is 0 Å². The highest BCUT2D eigenvalue weighted by molar-refractivity contribution is 5.20. The maximum atomic E-state index is 9.94. The standard InChI is InChI=1S/C18H23NO2/c1-15(12-16-8-4-2-5-9-16)19-13-17(20)14-21-18-10-6-3-7-11-18/h2-11,15,17,19-20H,12-14H2,1H3. The maximum Gasteiger partial charge on any atom is 0.119 e. The first-order valence-corrected chi connectivity index (χ1v) is 7.37. The second kappa shape index (κ2) is 8.45. The summed E-state index contributed by atoms with van der Waals surface area (Å²) < 4.78 is 5.53. The lowest BCUT2D eigenvalue weighted by molar-refractivity contribution is 0.104. The Morgan fingerprint density at radius 3 is 2.29 bits per heavy atom. The van der Waals surface area contributed by atoms with E-state index in [4.69, 9.17) is 4.74 Å². The number of ether oxygens (including phenoxy) is 1. The van der Waals surface area contributed by atoms with Gasteiger partial charge in [0.25, 0.3) is 0 Å². The third kappa shape index (κ3) is 5.98. The van der Waals surface area contributed by atoms with E-state index in [1.54, 1.807) is 0 Å². The van der Waals surface area contributed by atoms with Crippen molar-refractivity contribution in [3.05, 3.63) is 66.2 Å². The average Bonchev–Trinajstić information content (AvgIpc) is 2.53. The number of rotatable bonds is 8. The summed E-state index contributed by atoms with van der Waals surface area (Å²) in [7, 11) is 0. The monoisotopic (exact) mass is 285 g/mol. The van der Waals surface area contributed by atoms with Crippen molar-refractivity contribution in [1.29, 1.82) is 0 Å². The zero-order valence-electron chi connectivity index (χ0n) is 12.4. The normalized spacial score (nSPS) is 13.6. The van der Waals surface area contributed by atoms with E-state index in [0.717, 1.165) is 12.2 Å². The molecule has 0 fully saturated rings. The topological polar surface area (TPSA) is 41.5 Å². The third-order valence-electron chi connectivity index (χ3n) is 3.27. The van der Waals surface area contributed by atoms with Crippen molar-refractivity contribution in [1.82, 2.24) is 5.32 Å². The van der Waals surface area contributed by atoms with Gasteiger partial charge in [0, 0.05) is 12.6 Å². The Bertz CT molecular complexity index is 501. The minimum Gasteiger partial charge on any atom is -0.491 e. The summed E-state index contributed by atoms with van der Waals surface area (Å²) in [6, 6.07) is 20.2. The molecule has 0 radical (unpaired) electrons. The highest BCUT2D eigenvalue weighted by atomic mass is 16.5. The molecule has 0 aliphatic rings. The molecule has 2 rings (SSSR count). The number of aliphatic hydroxyl groups is 1. The highest BCUT2D eigenvalue weighted by Crippen LogP contribution is 2.08. The quantitative estimate of drug-likeness (QED) is 0.783. The predicted octanol–water partition coefficient (Wildman–Crippen LogP) is 2.65. The summed E-state index contributed by atoms with van der Waals surface area (Å²) in [6.45, 7) is 2.95. The van der Waals surface area contributed by atoms with Crippen LogP contribution in [-0.2, 0) is 6.42 Å². The van der Waals surface area contributed by atoms with Crippen LogP contribution in [0.25, 0.3) is 0 Å². The number of aliphatic hydroxyl groups excluding tert-OH is 1. The molecule has 2 atom stereocenters. The Balaban J connectivity index is 1.65. The summed E-state index contributed by atoms with van der Waals surface area (Å²) >= 11 is 0. The van der Waals surface area contributed by atoms with Crippen LogP contribution in [0.3, 0.4) is 0 Å². The number of hydrogen-bond acceptors (Lipinski definition) is 3. The lowest BCUT2D eigenvalue weighted by Crippen LogP contribution is -2.37. The number of benzene rings is 2. The zero-order chi connectivity index (χ0) is 14.9.